The molecule has 0 saturated carbocycles. The molecule has 2 rings (SSSR count). The summed E-state index contributed by atoms with van der Waals surface area (Å²) in [5.41, 5.74) is 6.44. The molecule has 0 fully saturated rings. The van der Waals surface area contributed by atoms with E-state index in [9.17, 15) is 4.79 Å². The molecule has 2 aromatic rings. The van der Waals surface area contributed by atoms with Crippen LogP contribution in [0, 0.1) is 11.3 Å². The number of carbonyl (C=O) groups is 1. The molecule has 18 heavy (non-hydrogen) atoms. The molecule has 0 unspecified atom stereocenters. The van der Waals surface area contributed by atoms with Crippen LogP contribution in [0.3, 0.4) is 0 Å². The van der Waals surface area contributed by atoms with Crippen molar-refractivity contribution in [1.29, 1.82) is 5.26 Å². The maximum Gasteiger partial charge on any atom is 0.273 e. The fourth-order valence-corrected chi connectivity index (χ4v) is 1.72. The third-order valence-corrected chi connectivity index (χ3v) is 2.69. The van der Waals surface area contributed by atoms with E-state index in [-0.39, 0.29) is 11.5 Å². The van der Waals surface area contributed by atoms with Crippen molar-refractivity contribution in [2.45, 2.75) is 0 Å². The molecular weight excluding hydrogens is 298 g/mol. The highest BCUT2D eigenvalue weighted by molar-refractivity contribution is 9.10. The van der Waals surface area contributed by atoms with Crippen LogP contribution >= 0.6 is 15.9 Å². The molecule has 1 aromatic heterocycles. The first-order chi connectivity index (χ1) is 8.60. The third-order valence-electron chi connectivity index (χ3n) is 2.19. The monoisotopic (exact) mass is 305 g/mol. The number of carbonyl (C=O) groups excluding carboxylic acids is 1. The second-order valence-corrected chi connectivity index (χ2v) is 4.38. The Hall–Kier alpha value is -2.33. The van der Waals surface area contributed by atoms with E-state index < -0.39 is 5.91 Å². The van der Waals surface area contributed by atoms with Crippen LogP contribution < -0.4 is 11.1 Å². The quantitative estimate of drug-likeness (QED) is 0.787. The summed E-state index contributed by atoms with van der Waals surface area (Å²) in [6.45, 7) is 0. The van der Waals surface area contributed by atoms with Gasteiger partial charge in [0.1, 0.15) is 17.6 Å². The van der Waals surface area contributed by atoms with Crippen molar-refractivity contribution in [3.63, 3.8) is 0 Å². The van der Waals surface area contributed by atoms with Crippen LogP contribution in [0.1, 0.15) is 16.1 Å². The highest BCUT2D eigenvalue weighted by Gasteiger charge is 2.11. The predicted octanol–water partition coefficient (Wildman–Crippen LogP) is 1.88. The van der Waals surface area contributed by atoms with Gasteiger partial charge in [-0.3, -0.25) is 9.89 Å². The largest absolute Gasteiger partial charge is 0.382 e. The van der Waals surface area contributed by atoms with Gasteiger partial charge in [0.25, 0.3) is 5.91 Å². The first-order valence-electron chi connectivity index (χ1n) is 4.92. The molecule has 90 valence electrons. The van der Waals surface area contributed by atoms with Crippen LogP contribution in [-0.2, 0) is 0 Å². The van der Waals surface area contributed by atoms with Crippen molar-refractivity contribution in [2.75, 3.05) is 11.1 Å². The van der Waals surface area contributed by atoms with E-state index in [0.29, 0.717) is 11.3 Å². The molecule has 7 heteroatoms. The summed E-state index contributed by atoms with van der Waals surface area (Å²) >= 11 is 3.26. The van der Waals surface area contributed by atoms with E-state index in [0.717, 1.165) is 4.47 Å². The molecule has 0 spiro atoms. The van der Waals surface area contributed by atoms with E-state index in [1.54, 1.807) is 18.2 Å². The number of H-pyrrole nitrogens is 1. The van der Waals surface area contributed by atoms with Gasteiger partial charge >= 0.3 is 0 Å². The lowest BCUT2D eigenvalue weighted by molar-refractivity contribution is 0.102. The zero-order valence-electron chi connectivity index (χ0n) is 9.07. The van der Waals surface area contributed by atoms with Crippen molar-refractivity contribution in [2.24, 2.45) is 0 Å². The standard InChI is InChI=1S/C11H8BrN5O/c12-7-1-2-8(6(3-7)5-13)15-11(18)9-4-10(14)17-16-9/h1-4H,(H,15,18)(H3,14,16,17). The van der Waals surface area contributed by atoms with E-state index in [2.05, 4.69) is 31.4 Å². The highest BCUT2D eigenvalue weighted by Crippen LogP contribution is 2.20. The van der Waals surface area contributed by atoms with Crippen molar-refractivity contribution >= 4 is 33.3 Å². The van der Waals surface area contributed by atoms with Crippen LogP contribution in [-0.4, -0.2) is 16.1 Å². The number of nitrogens with two attached hydrogens (primary N) is 1. The summed E-state index contributed by atoms with van der Waals surface area (Å²) in [5, 5.41) is 17.7. The molecule has 1 heterocycles. The highest BCUT2D eigenvalue weighted by atomic mass is 79.9. The van der Waals surface area contributed by atoms with E-state index in [1.165, 1.54) is 6.07 Å². The van der Waals surface area contributed by atoms with Crippen molar-refractivity contribution < 1.29 is 4.79 Å². The summed E-state index contributed by atoms with van der Waals surface area (Å²) in [5.74, 6) is -0.172. The van der Waals surface area contributed by atoms with Crippen LogP contribution in [0.25, 0.3) is 0 Å². The van der Waals surface area contributed by atoms with Gasteiger partial charge in [0.2, 0.25) is 0 Å². The van der Waals surface area contributed by atoms with Crippen molar-refractivity contribution in [3.8, 4) is 6.07 Å². The molecule has 0 atom stereocenters. The van der Waals surface area contributed by atoms with Crippen LogP contribution in [0.5, 0.6) is 0 Å². The predicted molar refractivity (Wildman–Crippen MR) is 69.8 cm³/mol. The zero-order chi connectivity index (χ0) is 13.1. The molecular formula is C11H8BrN5O. The van der Waals surface area contributed by atoms with E-state index in [1.807, 2.05) is 6.07 Å². The van der Waals surface area contributed by atoms with Crippen LogP contribution in [0.15, 0.2) is 28.7 Å². The van der Waals surface area contributed by atoms with Crippen LogP contribution in [0.4, 0.5) is 11.5 Å². The van der Waals surface area contributed by atoms with E-state index >= 15 is 0 Å². The number of hydrogen-bond donors (Lipinski definition) is 3. The van der Waals surface area contributed by atoms with E-state index in [4.69, 9.17) is 11.0 Å². The number of amides is 1. The Morgan fingerprint density at radius 1 is 1.50 bits per heavy atom. The maximum atomic E-state index is 11.8. The Labute approximate surface area is 111 Å². The van der Waals surface area contributed by atoms with Gasteiger partial charge in [0.15, 0.2) is 0 Å². The number of hydrogen-bond acceptors (Lipinski definition) is 4. The van der Waals surface area contributed by atoms with Gasteiger partial charge < -0.3 is 11.1 Å². The number of benzene rings is 1. The maximum absolute atomic E-state index is 11.8. The number of halogens is 1. The summed E-state index contributed by atoms with van der Waals surface area (Å²) in [6.07, 6.45) is 0. The fraction of sp³-hybridized carbons (Fsp3) is 0. The van der Waals surface area contributed by atoms with Crippen molar-refractivity contribution in [3.05, 3.63) is 40.0 Å². The normalized spacial score (nSPS) is 9.78. The zero-order valence-corrected chi connectivity index (χ0v) is 10.7. The number of aromatic nitrogens is 2. The molecule has 0 radical (unpaired) electrons. The van der Waals surface area contributed by atoms with Gasteiger partial charge in [0.05, 0.1) is 11.3 Å². The number of nitrogen functional groups attached to an aromatic ring is 1. The minimum absolute atomic E-state index is 0.233. The summed E-state index contributed by atoms with van der Waals surface area (Å²) in [4.78, 5) is 11.8. The molecule has 1 aromatic carbocycles. The Morgan fingerprint density at radius 3 is 2.89 bits per heavy atom. The molecule has 6 nitrogen and oxygen atoms in total. The average molecular weight is 306 g/mol. The van der Waals surface area contributed by atoms with Gasteiger partial charge in [-0.1, -0.05) is 15.9 Å². The fourth-order valence-electron chi connectivity index (χ4n) is 1.36. The van der Waals surface area contributed by atoms with Crippen molar-refractivity contribution in [1.82, 2.24) is 10.2 Å². The Balaban J connectivity index is 2.25. The number of nitriles is 1. The first-order valence-corrected chi connectivity index (χ1v) is 5.71. The number of nitrogens with zero attached hydrogens (tertiary/aromatic N) is 2. The molecule has 0 aliphatic carbocycles. The Bertz CT molecular complexity index is 643. The second-order valence-electron chi connectivity index (χ2n) is 3.46. The first kappa shape index (κ1) is 12.1. The lowest BCUT2D eigenvalue weighted by atomic mass is 10.2. The number of aromatic amines is 1. The number of nitrogens with one attached hydrogen (secondary N) is 2. The number of rotatable bonds is 2. The minimum atomic E-state index is -0.405. The van der Waals surface area contributed by atoms with Gasteiger partial charge in [-0.2, -0.15) is 10.4 Å². The van der Waals surface area contributed by atoms with Gasteiger partial charge in [0, 0.05) is 10.5 Å². The lowest BCUT2D eigenvalue weighted by Gasteiger charge is -2.05. The third kappa shape index (κ3) is 2.49. The van der Waals surface area contributed by atoms with Crippen LogP contribution in [0.2, 0.25) is 0 Å². The Morgan fingerprint density at radius 2 is 2.28 bits per heavy atom. The minimum Gasteiger partial charge on any atom is -0.382 e. The second kappa shape index (κ2) is 4.89. The molecule has 0 aliphatic rings. The number of anilines is 2. The molecule has 1 amide bonds. The SMILES string of the molecule is N#Cc1cc(Br)ccc1NC(=O)c1cc(N)n[nH]1. The topological polar surface area (TPSA) is 108 Å². The Kier molecular flexibility index (Phi) is 3.30. The van der Waals surface area contributed by atoms with Gasteiger partial charge in [-0.25, -0.2) is 0 Å². The lowest BCUT2D eigenvalue weighted by Crippen LogP contribution is -2.13. The molecule has 0 aliphatic heterocycles. The average Bonchev–Trinajstić information content (AvgIpc) is 2.78. The molecule has 4 N–H and O–H groups in total. The smallest absolute Gasteiger partial charge is 0.273 e. The van der Waals surface area contributed by atoms with Gasteiger partial charge in [-0.05, 0) is 18.2 Å². The summed E-state index contributed by atoms with van der Waals surface area (Å²) in [6, 6.07) is 8.42. The molecule has 0 saturated heterocycles. The summed E-state index contributed by atoms with van der Waals surface area (Å²) in [7, 11) is 0. The summed E-state index contributed by atoms with van der Waals surface area (Å²) < 4.78 is 0.767. The molecule has 0 bridgehead atoms. The van der Waals surface area contributed by atoms with Gasteiger partial charge in [-0.15, -0.1) is 0 Å².